The van der Waals surface area contributed by atoms with Crippen LogP contribution in [0.1, 0.15) is 28.7 Å². The Balaban J connectivity index is 2.41. The van der Waals surface area contributed by atoms with Gasteiger partial charge in [-0.3, -0.25) is 4.40 Å². The minimum atomic E-state index is -0.532. The summed E-state index contributed by atoms with van der Waals surface area (Å²) in [5, 5.41) is 10.7. The van der Waals surface area contributed by atoms with Crippen LogP contribution in [0.3, 0.4) is 0 Å². The third kappa shape index (κ3) is 3.08. The molecule has 2 heterocycles. The first-order valence-corrected chi connectivity index (χ1v) is 8.33. The number of carbonyl (C=O) groups excluding carboxylic acids is 1. The highest BCUT2D eigenvalue weighted by molar-refractivity contribution is 6.36. The van der Waals surface area contributed by atoms with E-state index in [-0.39, 0.29) is 18.9 Å². The zero-order valence-corrected chi connectivity index (χ0v) is 15.1. The monoisotopic (exact) mass is 379 g/mol. The molecule has 1 N–H and O–H groups in total. The Bertz CT molecular complexity index is 969. The molecule has 6 nitrogen and oxygen atoms in total. The molecule has 3 aromatic rings. The van der Waals surface area contributed by atoms with Crippen LogP contribution in [0.2, 0.25) is 10.0 Å². The first-order chi connectivity index (χ1) is 12.0. The molecule has 130 valence electrons. The van der Waals surface area contributed by atoms with Crippen LogP contribution < -0.4 is 0 Å². The van der Waals surface area contributed by atoms with Gasteiger partial charge in [0.15, 0.2) is 5.69 Å². The number of aromatic nitrogens is 3. The maximum Gasteiger partial charge on any atom is 0.357 e. The molecule has 0 fully saturated rings. The van der Waals surface area contributed by atoms with Gasteiger partial charge in [0.05, 0.1) is 30.1 Å². The largest absolute Gasteiger partial charge is 0.461 e. The SMILES string of the molecule is CCOC(=O)c1cnc2nc(C)c(CO)c(-c3ccc(Cl)cc3Cl)n12. The van der Waals surface area contributed by atoms with Crippen molar-refractivity contribution in [3.05, 3.63) is 51.4 Å². The van der Waals surface area contributed by atoms with Crippen LogP contribution in [0, 0.1) is 6.92 Å². The lowest BCUT2D eigenvalue weighted by Gasteiger charge is -2.16. The number of nitrogens with zero attached hydrogens (tertiary/aromatic N) is 3. The molecule has 0 aliphatic carbocycles. The lowest BCUT2D eigenvalue weighted by molar-refractivity contribution is 0.0518. The Labute approximate surface area is 154 Å². The summed E-state index contributed by atoms with van der Waals surface area (Å²) in [6.07, 6.45) is 1.40. The number of fused-ring (bicyclic) bond motifs is 1. The van der Waals surface area contributed by atoms with E-state index in [0.717, 1.165) is 0 Å². The maximum atomic E-state index is 12.3. The van der Waals surface area contributed by atoms with Crippen LogP contribution in [0.5, 0.6) is 0 Å². The quantitative estimate of drug-likeness (QED) is 0.699. The summed E-state index contributed by atoms with van der Waals surface area (Å²) in [5.41, 5.74) is 2.48. The average molecular weight is 380 g/mol. The molecule has 0 spiro atoms. The molecule has 0 unspecified atom stereocenters. The highest BCUT2D eigenvalue weighted by Gasteiger charge is 2.23. The smallest absolute Gasteiger partial charge is 0.357 e. The van der Waals surface area contributed by atoms with Crippen LogP contribution in [-0.2, 0) is 11.3 Å². The Morgan fingerprint density at radius 3 is 2.76 bits per heavy atom. The fraction of sp³-hybridized carbons (Fsp3) is 0.235. The number of ether oxygens (including phenoxy) is 1. The molecule has 2 aromatic heterocycles. The van der Waals surface area contributed by atoms with Crippen molar-refractivity contribution in [2.24, 2.45) is 0 Å². The van der Waals surface area contributed by atoms with Gasteiger partial charge in [-0.05, 0) is 32.0 Å². The highest BCUT2D eigenvalue weighted by Crippen LogP contribution is 2.34. The van der Waals surface area contributed by atoms with E-state index in [1.165, 1.54) is 6.20 Å². The molecule has 8 heteroatoms. The topological polar surface area (TPSA) is 76.7 Å². The predicted octanol–water partition coefficient (Wildman–Crippen LogP) is 3.68. The zero-order chi connectivity index (χ0) is 18.1. The van der Waals surface area contributed by atoms with Gasteiger partial charge in [-0.25, -0.2) is 14.8 Å². The van der Waals surface area contributed by atoms with Crippen molar-refractivity contribution in [3.63, 3.8) is 0 Å². The molecule has 25 heavy (non-hydrogen) atoms. The number of esters is 1. The van der Waals surface area contributed by atoms with Crippen molar-refractivity contribution < 1.29 is 14.6 Å². The standard InChI is InChI=1S/C17H15Cl2N3O3/c1-3-25-16(24)14-7-20-17-21-9(2)12(8-23)15(22(14)17)11-5-4-10(18)6-13(11)19/h4-7,23H,3,8H2,1-2H3. The minimum absolute atomic E-state index is 0.208. The van der Waals surface area contributed by atoms with E-state index in [9.17, 15) is 9.90 Å². The fourth-order valence-corrected chi connectivity index (χ4v) is 3.17. The fourth-order valence-electron chi connectivity index (χ4n) is 2.67. The summed E-state index contributed by atoms with van der Waals surface area (Å²) >= 11 is 12.4. The molecule has 0 atom stereocenters. The first-order valence-electron chi connectivity index (χ1n) is 7.58. The number of carbonyl (C=O) groups is 1. The second-order valence-electron chi connectivity index (χ2n) is 5.31. The molecule has 0 aliphatic heterocycles. The molecular weight excluding hydrogens is 365 g/mol. The third-order valence-electron chi connectivity index (χ3n) is 3.79. The van der Waals surface area contributed by atoms with Crippen LogP contribution >= 0.6 is 23.2 Å². The van der Waals surface area contributed by atoms with E-state index < -0.39 is 5.97 Å². The van der Waals surface area contributed by atoms with Crippen LogP contribution in [-0.4, -0.2) is 32.1 Å². The normalized spacial score (nSPS) is 11.1. The van der Waals surface area contributed by atoms with Gasteiger partial charge in [0.25, 0.3) is 0 Å². The Morgan fingerprint density at radius 2 is 2.12 bits per heavy atom. The van der Waals surface area contributed by atoms with Gasteiger partial charge in [0.1, 0.15) is 0 Å². The molecule has 0 saturated carbocycles. The Morgan fingerprint density at radius 1 is 1.36 bits per heavy atom. The van der Waals surface area contributed by atoms with Crippen LogP contribution in [0.15, 0.2) is 24.4 Å². The van der Waals surface area contributed by atoms with Crippen molar-refractivity contribution in [2.75, 3.05) is 6.61 Å². The summed E-state index contributed by atoms with van der Waals surface area (Å²) in [7, 11) is 0. The molecule has 0 aliphatic rings. The average Bonchev–Trinajstić information content (AvgIpc) is 2.97. The number of aliphatic hydroxyl groups excluding tert-OH is 1. The number of hydrogen-bond donors (Lipinski definition) is 1. The van der Waals surface area contributed by atoms with Crippen molar-refractivity contribution in [1.29, 1.82) is 0 Å². The molecule has 3 rings (SSSR count). The number of hydrogen-bond acceptors (Lipinski definition) is 5. The van der Waals surface area contributed by atoms with Crippen LogP contribution in [0.25, 0.3) is 17.0 Å². The zero-order valence-electron chi connectivity index (χ0n) is 13.6. The maximum absolute atomic E-state index is 12.3. The lowest BCUT2D eigenvalue weighted by Crippen LogP contribution is -2.12. The Kier molecular flexibility index (Phi) is 4.94. The van der Waals surface area contributed by atoms with Gasteiger partial charge in [-0.15, -0.1) is 0 Å². The van der Waals surface area contributed by atoms with E-state index in [4.69, 9.17) is 27.9 Å². The number of aliphatic hydroxyl groups is 1. The second-order valence-corrected chi connectivity index (χ2v) is 6.15. The van der Waals surface area contributed by atoms with E-state index in [1.807, 2.05) is 0 Å². The molecule has 0 saturated heterocycles. The van der Waals surface area contributed by atoms with Gasteiger partial charge in [0, 0.05) is 21.8 Å². The number of imidazole rings is 1. The summed E-state index contributed by atoms with van der Waals surface area (Å²) in [6.45, 7) is 3.44. The van der Waals surface area contributed by atoms with E-state index in [1.54, 1.807) is 36.4 Å². The number of aryl methyl sites for hydroxylation is 1. The van der Waals surface area contributed by atoms with E-state index in [0.29, 0.717) is 38.3 Å². The number of halogens is 2. The summed E-state index contributed by atoms with van der Waals surface area (Å²) in [4.78, 5) is 20.8. The summed E-state index contributed by atoms with van der Waals surface area (Å²) in [6, 6.07) is 5.02. The van der Waals surface area contributed by atoms with Crippen LogP contribution in [0.4, 0.5) is 0 Å². The second kappa shape index (κ2) is 7.00. The Hall–Kier alpha value is -2.15. The highest BCUT2D eigenvalue weighted by atomic mass is 35.5. The summed E-state index contributed by atoms with van der Waals surface area (Å²) < 4.78 is 6.64. The number of rotatable bonds is 4. The van der Waals surface area contributed by atoms with E-state index in [2.05, 4.69) is 9.97 Å². The van der Waals surface area contributed by atoms with Crippen molar-refractivity contribution in [3.8, 4) is 11.3 Å². The lowest BCUT2D eigenvalue weighted by atomic mass is 10.0. The first kappa shape index (κ1) is 17.7. The van der Waals surface area contributed by atoms with Gasteiger partial charge in [0.2, 0.25) is 5.78 Å². The van der Waals surface area contributed by atoms with Gasteiger partial charge in [-0.2, -0.15) is 0 Å². The molecule has 0 radical (unpaired) electrons. The van der Waals surface area contributed by atoms with Gasteiger partial charge in [-0.1, -0.05) is 23.2 Å². The van der Waals surface area contributed by atoms with Crippen molar-refractivity contribution in [2.45, 2.75) is 20.5 Å². The van der Waals surface area contributed by atoms with Gasteiger partial charge < -0.3 is 9.84 Å². The minimum Gasteiger partial charge on any atom is -0.461 e. The van der Waals surface area contributed by atoms with Gasteiger partial charge >= 0.3 is 5.97 Å². The molecular formula is C17H15Cl2N3O3. The molecule has 1 aromatic carbocycles. The molecule has 0 bridgehead atoms. The van der Waals surface area contributed by atoms with Crippen molar-refractivity contribution in [1.82, 2.24) is 14.4 Å². The van der Waals surface area contributed by atoms with E-state index >= 15 is 0 Å². The molecule has 0 amide bonds. The third-order valence-corrected chi connectivity index (χ3v) is 4.33. The van der Waals surface area contributed by atoms with Crippen molar-refractivity contribution >= 4 is 34.9 Å². The summed E-state index contributed by atoms with van der Waals surface area (Å²) in [5.74, 6) is -0.213. The number of benzene rings is 1. The predicted molar refractivity (Wildman–Crippen MR) is 95.1 cm³/mol.